The topological polar surface area (TPSA) is 20.2 Å². The van der Waals surface area contributed by atoms with Crippen molar-refractivity contribution in [3.8, 4) is 11.1 Å². The highest BCUT2D eigenvalue weighted by molar-refractivity contribution is 5.81. The van der Waals surface area contributed by atoms with Gasteiger partial charge in [0.2, 0.25) is 0 Å². The molecule has 114 valence electrons. The van der Waals surface area contributed by atoms with Gasteiger partial charge in [0.1, 0.15) is 0 Å². The number of rotatable bonds is 3. The lowest BCUT2D eigenvalue weighted by atomic mass is 9.74. The lowest BCUT2D eigenvalue weighted by Crippen LogP contribution is -2.32. The summed E-state index contributed by atoms with van der Waals surface area (Å²) in [6.45, 7) is 2.22. The van der Waals surface area contributed by atoms with E-state index in [2.05, 4.69) is 79.7 Å². The van der Waals surface area contributed by atoms with Crippen molar-refractivity contribution in [2.75, 3.05) is 6.61 Å². The summed E-state index contributed by atoms with van der Waals surface area (Å²) in [5, 5.41) is 10.4. The van der Waals surface area contributed by atoms with E-state index in [1.165, 1.54) is 33.4 Å². The van der Waals surface area contributed by atoms with Crippen LogP contribution in [0.1, 0.15) is 22.3 Å². The molecule has 3 aromatic rings. The highest BCUT2D eigenvalue weighted by Gasteiger charge is 2.42. The molecule has 0 unspecified atom stereocenters. The van der Waals surface area contributed by atoms with Crippen LogP contribution >= 0.6 is 0 Å². The maximum atomic E-state index is 10.4. The van der Waals surface area contributed by atoms with Gasteiger partial charge >= 0.3 is 0 Å². The van der Waals surface area contributed by atoms with Crippen LogP contribution in [0.3, 0.4) is 0 Å². The molecule has 0 atom stereocenters. The maximum Gasteiger partial charge on any atom is 0.0572 e. The molecule has 0 aliphatic heterocycles. The largest absolute Gasteiger partial charge is 0.395 e. The van der Waals surface area contributed by atoms with E-state index in [1.54, 1.807) is 0 Å². The van der Waals surface area contributed by atoms with Gasteiger partial charge in [-0.15, -0.1) is 0 Å². The molecule has 0 spiro atoms. The Labute approximate surface area is 137 Å². The second kappa shape index (κ2) is 5.36. The van der Waals surface area contributed by atoms with E-state index in [1.807, 2.05) is 0 Å². The number of aryl methyl sites for hydroxylation is 1. The van der Waals surface area contributed by atoms with Crippen molar-refractivity contribution in [3.63, 3.8) is 0 Å². The Kier molecular flexibility index (Phi) is 3.32. The van der Waals surface area contributed by atoms with Crippen molar-refractivity contribution in [1.29, 1.82) is 0 Å². The van der Waals surface area contributed by atoms with Gasteiger partial charge in [-0.25, -0.2) is 0 Å². The van der Waals surface area contributed by atoms with Crippen LogP contribution in [-0.4, -0.2) is 11.7 Å². The molecule has 1 aliphatic rings. The molecule has 0 radical (unpaired) electrons. The van der Waals surface area contributed by atoms with Gasteiger partial charge < -0.3 is 5.11 Å². The van der Waals surface area contributed by atoms with Crippen LogP contribution in [0, 0.1) is 6.92 Å². The fourth-order valence-electron chi connectivity index (χ4n) is 3.89. The molecular formula is C22H20O. The van der Waals surface area contributed by atoms with Gasteiger partial charge in [-0.05, 0) is 41.2 Å². The molecule has 1 nitrogen and oxygen atoms in total. The number of fused-ring (bicyclic) bond motifs is 3. The van der Waals surface area contributed by atoms with Gasteiger partial charge in [-0.3, -0.25) is 0 Å². The van der Waals surface area contributed by atoms with E-state index in [9.17, 15) is 5.11 Å². The molecule has 1 N–H and O–H groups in total. The number of aliphatic hydroxyl groups is 1. The summed E-state index contributed by atoms with van der Waals surface area (Å²) in [4.78, 5) is 0. The highest BCUT2D eigenvalue weighted by atomic mass is 16.3. The summed E-state index contributed by atoms with van der Waals surface area (Å²) in [5.74, 6) is 0. The minimum Gasteiger partial charge on any atom is -0.395 e. The Bertz CT molecular complexity index is 800. The van der Waals surface area contributed by atoms with Crippen molar-refractivity contribution in [3.05, 3.63) is 95.1 Å². The lowest BCUT2D eigenvalue weighted by molar-refractivity contribution is 0.221. The fraction of sp³-hybridized carbons (Fsp3) is 0.182. The zero-order valence-electron chi connectivity index (χ0n) is 13.3. The van der Waals surface area contributed by atoms with Crippen molar-refractivity contribution in [1.82, 2.24) is 0 Å². The van der Waals surface area contributed by atoms with Crippen LogP contribution in [0.15, 0.2) is 72.8 Å². The number of benzene rings is 3. The quantitative estimate of drug-likeness (QED) is 0.755. The normalized spacial score (nSPS) is 14.3. The SMILES string of the molecule is Cc1ccc(CC2(CO)c3ccccc3-c3ccccc32)cc1. The minimum atomic E-state index is -0.345. The smallest absolute Gasteiger partial charge is 0.0572 e. The molecule has 0 saturated carbocycles. The van der Waals surface area contributed by atoms with Crippen LogP contribution in [-0.2, 0) is 11.8 Å². The highest BCUT2D eigenvalue weighted by Crippen LogP contribution is 2.50. The molecule has 1 heteroatoms. The van der Waals surface area contributed by atoms with Crippen LogP contribution in [0.4, 0.5) is 0 Å². The van der Waals surface area contributed by atoms with Gasteiger partial charge in [-0.2, -0.15) is 0 Å². The van der Waals surface area contributed by atoms with Gasteiger partial charge in [0.15, 0.2) is 0 Å². The molecule has 0 heterocycles. The Hall–Kier alpha value is -2.38. The van der Waals surface area contributed by atoms with Gasteiger partial charge in [0.05, 0.1) is 6.61 Å². The molecule has 3 aromatic carbocycles. The van der Waals surface area contributed by atoms with Crippen molar-refractivity contribution < 1.29 is 5.11 Å². The molecule has 0 amide bonds. The maximum absolute atomic E-state index is 10.4. The summed E-state index contributed by atoms with van der Waals surface area (Å²) in [6, 6.07) is 25.6. The van der Waals surface area contributed by atoms with Crippen molar-refractivity contribution >= 4 is 0 Å². The first-order chi connectivity index (χ1) is 11.2. The van der Waals surface area contributed by atoms with E-state index in [-0.39, 0.29) is 12.0 Å². The zero-order valence-corrected chi connectivity index (χ0v) is 13.3. The second-order valence-corrected chi connectivity index (χ2v) is 6.49. The summed E-state index contributed by atoms with van der Waals surface area (Å²) in [5.41, 5.74) is 7.17. The Morgan fingerprint density at radius 3 is 1.78 bits per heavy atom. The molecule has 0 saturated heterocycles. The first-order valence-electron chi connectivity index (χ1n) is 8.10. The van der Waals surface area contributed by atoms with E-state index >= 15 is 0 Å². The zero-order chi connectivity index (χ0) is 15.9. The third-order valence-electron chi connectivity index (χ3n) is 5.07. The fourth-order valence-corrected chi connectivity index (χ4v) is 3.89. The Morgan fingerprint density at radius 2 is 1.26 bits per heavy atom. The average molecular weight is 300 g/mol. The molecule has 0 aromatic heterocycles. The summed E-state index contributed by atoms with van der Waals surface area (Å²) in [7, 11) is 0. The molecule has 0 fully saturated rings. The minimum absolute atomic E-state index is 0.120. The first-order valence-corrected chi connectivity index (χ1v) is 8.10. The number of aliphatic hydroxyl groups excluding tert-OH is 1. The second-order valence-electron chi connectivity index (χ2n) is 6.49. The number of hydrogen-bond acceptors (Lipinski definition) is 1. The first kappa shape index (κ1) is 14.2. The van der Waals surface area contributed by atoms with E-state index < -0.39 is 0 Å². The molecule has 0 bridgehead atoms. The van der Waals surface area contributed by atoms with Crippen molar-refractivity contribution in [2.24, 2.45) is 0 Å². The monoisotopic (exact) mass is 300 g/mol. The molecular weight excluding hydrogens is 280 g/mol. The van der Waals surface area contributed by atoms with Gasteiger partial charge in [0.25, 0.3) is 0 Å². The average Bonchev–Trinajstić information content (AvgIpc) is 2.88. The summed E-state index contributed by atoms with van der Waals surface area (Å²) in [6.07, 6.45) is 0.817. The lowest BCUT2D eigenvalue weighted by Gasteiger charge is -2.30. The third kappa shape index (κ3) is 2.12. The Morgan fingerprint density at radius 1 is 0.739 bits per heavy atom. The van der Waals surface area contributed by atoms with E-state index in [4.69, 9.17) is 0 Å². The number of hydrogen-bond donors (Lipinski definition) is 1. The summed E-state index contributed by atoms with van der Waals surface area (Å²) >= 11 is 0. The van der Waals surface area contributed by atoms with E-state index in [0.717, 1.165) is 6.42 Å². The van der Waals surface area contributed by atoms with Crippen LogP contribution in [0.5, 0.6) is 0 Å². The van der Waals surface area contributed by atoms with Crippen LogP contribution < -0.4 is 0 Å². The molecule has 1 aliphatic carbocycles. The van der Waals surface area contributed by atoms with E-state index in [0.29, 0.717) is 0 Å². The summed E-state index contributed by atoms with van der Waals surface area (Å²) < 4.78 is 0. The van der Waals surface area contributed by atoms with Gasteiger partial charge in [0, 0.05) is 5.41 Å². The molecule has 23 heavy (non-hydrogen) atoms. The standard InChI is InChI=1S/C22H20O/c1-16-10-12-17(13-11-16)14-22(15-23)20-8-4-2-6-18(20)19-7-3-5-9-21(19)22/h2-13,23H,14-15H2,1H3. The van der Waals surface area contributed by atoms with Crippen LogP contribution in [0.2, 0.25) is 0 Å². The van der Waals surface area contributed by atoms with Crippen molar-refractivity contribution in [2.45, 2.75) is 18.8 Å². The predicted octanol–water partition coefficient (Wildman–Crippen LogP) is 4.50. The van der Waals surface area contributed by atoms with Crippen LogP contribution in [0.25, 0.3) is 11.1 Å². The molecule has 4 rings (SSSR count). The Balaban J connectivity index is 1.91. The third-order valence-corrected chi connectivity index (χ3v) is 5.07. The predicted molar refractivity (Wildman–Crippen MR) is 94.6 cm³/mol. The van der Waals surface area contributed by atoms with Gasteiger partial charge in [-0.1, -0.05) is 78.4 Å².